The van der Waals surface area contributed by atoms with Crippen LogP contribution in [0.4, 0.5) is 10.2 Å². The van der Waals surface area contributed by atoms with Crippen LogP contribution in [-0.2, 0) is 12.8 Å². The number of phenolic OH excluding ortho intramolecular Hbond substituents is 1. The maximum Gasteiger partial charge on any atom is 0.142 e. The summed E-state index contributed by atoms with van der Waals surface area (Å²) in [6, 6.07) is 16.6. The summed E-state index contributed by atoms with van der Waals surface area (Å²) in [7, 11) is 0. The number of benzene rings is 2. The number of aromatic nitrogens is 1. The lowest BCUT2D eigenvalue weighted by atomic mass is 9.92. The Hall–Kier alpha value is -3.90. The van der Waals surface area contributed by atoms with E-state index in [4.69, 9.17) is 5.73 Å². The van der Waals surface area contributed by atoms with Crippen LogP contribution in [0.25, 0.3) is 11.1 Å². The van der Waals surface area contributed by atoms with Gasteiger partial charge in [0.1, 0.15) is 35.1 Å². The van der Waals surface area contributed by atoms with Crippen LogP contribution in [0.15, 0.2) is 48.5 Å². The van der Waals surface area contributed by atoms with E-state index in [0.717, 1.165) is 5.56 Å². The molecule has 0 aliphatic rings. The van der Waals surface area contributed by atoms with Gasteiger partial charge in [0.25, 0.3) is 0 Å². The lowest BCUT2D eigenvalue weighted by Gasteiger charge is -2.13. The molecule has 1 heterocycles. The van der Waals surface area contributed by atoms with Crippen LogP contribution in [-0.4, -0.2) is 10.1 Å². The zero-order valence-electron chi connectivity index (χ0n) is 14.3. The molecule has 0 saturated carbocycles. The third-order valence-electron chi connectivity index (χ3n) is 4.20. The zero-order chi connectivity index (χ0) is 19.4. The molecule has 132 valence electrons. The number of halogens is 1. The molecule has 0 bridgehead atoms. The lowest BCUT2D eigenvalue weighted by molar-refractivity contribution is 0.475. The average molecular weight is 358 g/mol. The summed E-state index contributed by atoms with van der Waals surface area (Å²) in [6.45, 7) is 0. The summed E-state index contributed by atoms with van der Waals surface area (Å²) in [5, 5.41) is 29.0. The minimum Gasteiger partial charge on any atom is -0.508 e. The van der Waals surface area contributed by atoms with E-state index in [0.29, 0.717) is 29.7 Å². The average Bonchev–Trinajstić information content (AvgIpc) is 2.65. The molecule has 0 fully saturated rings. The Kier molecular flexibility index (Phi) is 5.01. The minimum atomic E-state index is -0.333. The van der Waals surface area contributed by atoms with Crippen molar-refractivity contribution in [3.8, 4) is 29.0 Å². The number of hydrogen-bond donors (Lipinski definition) is 2. The minimum absolute atomic E-state index is 0.0111. The predicted molar refractivity (Wildman–Crippen MR) is 99.0 cm³/mol. The lowest BCUT2D eigenvalue weighted by Crippen LogP contribution is -2.07. The molecule has 0 saturated heterocycles. The van der Waals surface area contributed by atoms with E-state index >= 15 is 0 Å². The highest BCUT2D eigenvalue weighted by molar-refractivity contribution is 5.81. The molecule has 6 heteroatoms. The van der Waals surface area contributed by atoms with E-state index in [1.54, 1.807) is 24.3 Å². The van der Waals surface area contributed by atoms with E-state index in [2.05, 4.69) is 11.1 Å². The Morgan fingerprint density at radius 2 is 1.74 bits per heavy atom. The second-order valence-corrected chi connectivity index (χ2v) is 5.97. The summed E-state index contributed by atoms with van der Waals surface area (Å²) in [5.74, 6) is -0.304. The smallest absolute Gasteiger partial charge is 0.142 e. The van der Waals surface area contributed by atoms with Gasteiger partial charge in [0.05, 0.1) is 11.3 Å². The highest BCUT2D eigenvalue weighted by atomic mass is 19.1. The van der Waals surface area contributed by atoms with E-state index in [-0.39, 0.29) is 28.5 Å². The van der Waals surface area contributed by atoms with Gasteiger partial charge in [-0.05, 0) is 48.2 Å². The quantitative estimate of drug-likeness (QED) is 0.739. The summed E-state index contributed by atoms with van der Waals surface area (Å²) in [5.41, 5.74) is 8.32. The second kappa shape index (κ2) is 7.55. The second-order valence-electron chi connectivity index (χ2n) is 5.97. The number of nitrogens with zero attached hydrogens (tertiary/aromatic N) is 3. The van der Waals surface area contributed by atoms with Crippen LogP contribution in [0.5, 0.6) is 5.75 Å². The van der Waals surface area contributed by atoms with Crippen LogP contribution in [0.2, 0.25) is 0 Å². The van der Waals surface area contributed by atoms with Crippen molar-refractivity contribution in [3.63, 3.8) is 0 Å². The Morgan fingerprint density at radius 1 is 1.00 bits per heavy atom. The number of nitrogen functional groups attached to an aromatic ring is 1. The molecule has 0 radical (unpaired) electrons. The van der Waals surface area contributed by atoms with E-state index in [1.807, 2.05) is 6.07 Å². The molecule has 0 aliphatic carbocycles. The molecule has 2 aromatic carbocycles. The molecular formula is C21H15FN4O. The summed E-state index contributed by atoms with van der Waals surface area (Å²) >= 11 is 0. The number of phenols is 1. The molecule has 3 rings (SSSR count). The van der Waals surface area contributed by atoms with E-state index in [1.165, 1.54) is 24.3 Å². The molecule has 27 heavy (non-hydrogen) atoms. The zero-order valence-corrected chi connectivity index (χ0v) is 14.3. The fourth-order valence-electron chi connectivity index (χ4n) is 2.97. The Bertz CT molecular complexity index is 1100. The van der Waals surface area contributed by atoms with Crippen molar-refractivity contribution in [2.45, 2.75) is 12.8 Å². The monoisotopic (exact) mass is 358 g/mol. The van der Waals surface area contributed by atoms with Crippen LogP contribution in [0.1, 0.15) is 22.4 Å². The van der Waals surface area contributed by atoms with Gasteiger partial charge in [-0.1, -0.05) is 24.3 Å². The molecule has 0 unspecified atom stereocenters. The number of pyridine rings is 1. The van der Waals surface area contributed by atoms with Gasteiger partial charge in [-0.3, -0.25) is 0 Å². The molecule has 0 amide bonds. The largest absolute Gasteiger partial charge is 0.508 e. The van der Waals surface area contributed by atoms with Crippen molar-refractivity contribution in [1.29, 1.82) is 10.5 Å². The standard InChI is InChI=1S/C21H15FN4O/c22-15-5-1-3-13(9-15)7-8-19-17(11-23)20(18(12-24)21(25)26-19)14-4-2-6-16(27)10-14/h1-6,9-10,27H,7-8H2,(H2,25,26). The van der Waals surface area contributed by atoms with Gasteiger partial charge < -0.3 is 10.8 Å². The molecular weight excluding hydrogens is 343 g/mol. The van der Waals surface area contributed by atoms with Gasteiger partial charge in [0.15, 0.2) is 0 Å². The first-order valence-corrected chi connectivity index (χ1v) is 8.20. The molecule has 1 aromatic heterocycles. The number of aromatic hydroxyl groups is 1. The van der Waals surface area contributed by atoms with Crippen molar-refractivity contribution in [2.75, 3.05) is 5.73 Å². The van der Waals surface area contributed by atoms with Crippen LogP contribution < -0.4 is 5.73 Å². The van der Waals surface area contributed by atoms with Crippen LogP contribution in [0.3, 0.4) is 0 Å². The molecule has 5 nitrogen and oxygen atoms in total. The highest BCUT2D eigenvalue weighted by Gasteiger charge is 2.20. The molecule has 0 atom stereocenters. The van der Waals surface area contributed by atoms with Gasteiger partial charge in [0, 0.05) is 5.56 Å². The topological polar surface area (TPSA) is 107 Å². The maximum absolute atomic E-state index is 13.4. The van der Waals surface area contributed by atoms with Gasteiger partial charge in [-0.2, -0.15) is 10.5 Å². The molecule has 3 aromatic rings. The molecule has 3 N–H and O–H groups in total. The third-order valence-corrected chi connectivity index (χ3v) is 4.20. The number of nitriles is 2. The van der Waals surface area contributed by atoms with Crippen molar-refractivity contribution in [2.24, 2.45) is 0 Å². The Morgan fingerprint density at radius 3 is 2.41 bits per heavy atom. The Labute approximate surface area is 155 Å². The summed E-state index contributed by atoms with van der Waals surface area (Å²) < 4.78 is 13.4. The van der Waals surface area contributed by atoms with Gasteiger partial charge in [0.2, 0.25) is 0 Å². The normalized spacial score (nSPS) is 10.2. The molecule has 0 aliphatic heterocycles. The van der Waals surface area contributed by atoms with Gasteiger partial charge in [-0.15, -0.1) is 0 Å². The maximum atomic E-state index is 13.4. The van der Waals surface area contributed by atoms with Gasteiger partial charge >= 0.3 is 0 Å². The number of aryl methyl sites for hydroxylation is 2. The first kappa shape index (κ1) is 17.9. The summed E-state index contributed by atoms with van der Waals surface area (Å²) in [4.78, 5) is 4.24. The van der Waals surface area contributed by atoms with Crippen molar-refractivity contribution >= 4 is 5.82 Å². The first-order valence-electron chi connectivity index (χ1n) is 8.20. The third kappa shape index (κ3) is 3.70. The SMILES string of the molecule is N#Cc1c(N)nc(CCc2cccc(F)c2)c(C#N)c1-c1cccc(O)c1. The number of nitrogens with two attached hydrogens (primary N) is 1. The van der Waals surface area contributed by atoms with Crippen LogP contribution >= 0.6 is 0 Å². The number of hydrogen-bond acceptors (Lipinski definition) is 5. The van der Waals surface area contributed by atoms with Gasteiger partial charge in [-0.25, -0.2) is 9.37 Å². The van der Waals surface area contributed by atoms with E-state index < -0.39 is 0 Å². The number of rotatable bonds is 4. The first-order chi connectivity index (χ1) is 13.0. The fraction of sp³-hybridized carbons (Fsp3) is 0.0952. The Balaban J connectivity index is 2.10. The summed E-state index contributed by atoms with van der Waals surface area (Å²) in [6.07, 6.45) is 0.818. The van der Waals surface area contributed by atoms with Crippen molar-refractivity contribution in [1.82, 2.24) is 4.98 Å². The predicted octanol–water partition coefficient (Wildman–Crippen LogP) is 3.70. The van der Waals surface area contributed by atoms with Crippen molar-refractivity contribution in [3.05, 3.63) is 76.7 Å². The fourth-order valence-corrected chi connectivity index (χ4v) is 2.97. The van der Waals surface area contributed by atoms with Crippen molar-refractivity contribution < 1.29 is 9.50 Å². The van der Waals surface area contributed by atoms with Crippen LogP contribution in [0, 0.1) is 28.5 Å². The number of anilines is 1. The molecule has 0 spiro atoms. The highest BCUT2D eigenvalue weighted by Crippen LogP contribution is 2.33. The van der Waals surface area contributed by atoms with E-state index in [9.17, 15) is 20.0 Å².